The summed E-state index contributed by atoms with van der Waals surface area (Å²) in [5, 5.41) is 0. The lowest BCUT2D eigenvalue weighted by Crippen LogP contribution is -2.42. The Labute approximate surface area is 151 Å². The zero-order chi connectivity index (χ0) is 19.2. The number of hydrogen-bond donors (Lipinski definition) is 2. The summed E-state index contributed by atoms with van der Waals surface area (Å²) < 4.78 is 39.9. The van der Waals surface area contributed by atoms with E-state index in [4.69, 9.17) is 0 Å². The number of alkyl halides is 3. The second-order valence-electron chi connectivity index (χ2n) is 5.18. The van der Waals surface area contributed by atoms with Crippen molar-refractivity contribution >= 4 is 23.6 Å². The fourth-order valence-corrected chi connectivity index (χ4v) is 2.52. The highest BCUT2D eigenvalue weighted by Crippen LogP contribution is 2.22. The normalized spacial score (nSPS) is 10.9. The van der Waals surface area contributed by atoms with E-state index in [-0.39, 0.29) is 11.3 Å². The van der Waals surface area contributed by atoms with Crippen molar-refractivity contribution in [3.05, 3.63) is 59.7 Å². The SMILES string of the molecule is Cc1ccc(SCC(=O)NNC(=O)c2ccc(OC(F)(F)F)cc2)cc1. The maximum absolute atomic E-state index is 12.1. The zero-order valence-electron chi connectivity index (χ0n) is 13.6. The first kappa shape index (κ1) is 19.6. The highest BCUT2D eigenvalue weighted by molar-refractivity contribution is 8.00. The van der Waals surface area contributed by atoms with Crippen LogP contribution in [0.15, 0.2) is 53.4 Å². The van der Waals surface area contributed by atoms with Crippen LogP contribution in [0.3, 0.4) is 0 Å². The lowest BCUT2D eigenvalue weighted by atomic mass is 10.2. The van der Waals surface area contributed by atoms with E-state index < -0.39 is 23.9 Å². The molecule has 5 nitrogen and oxygen atoms in total. The summed E-state index contributed by atoms with van der Waals surface area (Å²) >= 11 is 1.31. The number of amides is 2. The summed E-state index contributed by atoms with van der Waals surface area (Å²) in [7, 11) is 0. The third kappa shape index (κ3) is 6.67. The molecule has 2 amide bonds. The third-order valence-corrected chi connectivity index (χ3v) is 4.07. The molecule has 138 valence electrons. The first-order valence-corrected chi connectivity index (χ1v) is 8.36. The second-order valence-corrected chi connectivity index (χ2v) is 6.22. The van der Waals surface area contributed by atoms with E-state index >= 15 is 0 Å². The minimum atomic E-state index is -4.80. The number of carbonyl (C=O) groups is 2. The molecule has 0 radical (unpaired) electrons. The second kappa shape index (κ2) is 8.61. The van der Waals surface area contributed by atoms with Gasteiger partial charge in [0.1, 0.15) is 5.75 Å². The number of aryl methyl sites for hydroxylation is 1. The maximum atomic E-state index is 12.1. The first-order chi connectivity index (χ1) is 12.2. The number of hydrogen-bond acceptors (Lipinski definition) is 4. The Morgan fingerprint density at radius 3 is 2.19 bits per heavy atom. The van der Waals surface area contributed by atoms with Gasteiger partial charge in [0.05, 0.1) is 5.75 Å². The standard InChI is InChI=1S/C17H15F3N2O3S/c1-11-2-8-14(9-3-11)26-10-15(23)21-22-16(24)12-4-6-13(7-5-12)25-17(18,19)20/h2-9H,10H2,1H3,(H,21,23)(H,22,24). The smallest absolute Gasteiger partial charge is 0.406 e. The molecule has 0 bridgehead atoms. The number of rotatable bonds is 5. The van der Waals surface area contributed by atoms with Gasteiger partial charge in [0, 0.05) is 10.5 Å². The minimum Gasteiger partial charge on any atom is -0.406 e. The van der Waals surface area contributed by atoms with Crippen molar-refractivity contribution in [2.45, 2.75) is 18.2 Å². The minimum absolute atomic E-state index is 0.0750. The molecule has 0 unspecified atom stereocenters. The topological polar surface area (TPSA) is 67.4 Å². The largest absolute Gasteiger partial charge is 0.573 e. The van der Waals surface area contributed by atoms with Gasteiger partial charge in [-0.3, -0.25) is 20.4 Å². The molecule has 0 aliphatic rings. The van der Waals surface area contributed by atoms with Crippen molar-refractivity contribution in [1.29, 1.82) is 0 Å². The highest BCUT2D eigenvalue weighted by Gasteiger charge is 2.31. The molecule has 0 atom stereocenters. The van der Waals surface area contributed by atoms with Crippen LogP contribution in [-0.2, 0) is 4.79 Å². The molecular weight excluding hydrogens is 369 g/mol. The molecule has 26 heavy (non-hydrogen) atoms. The Kier molecular flexibility index (Phi) is 6.51. The summed E-state index contributed by atoms with van der Waals surface area (Å²) in [5.74, 6) is -1.41. The van der Waals surface area contributed by atoms with E-state index in [0.29, 0.717) is 0 Å². The number of thioether (sulfide) groups is 1. The predicted octanol–water partition coefficient (Wildman–Crippen LogP) is 3.45. The molecule has 0 aromatic heterocycles. The van der Waals surface area contributed by atoms with Crippen LogP contribution in [0.25, 0.3) is 0 Å². The summed E-state index contributed by atoms with van der Waals surface area (Å²) in [6, 6.07) is 12.0. The van der Waals surface area contributed by atoms with E-state index in [9.17, 15) is 22.8 Å². The summed E-state index contributed by atoms with van der Waals surface area (Å²) in [6.45, 7) is 1.96. The molecule has 2 aromatic rings. The van der Waals surface area contributed by atoms with Gasteiger partial charge in [-0.2, -0.15) is 0 Å². The lowest BCUT2D eigenvalue weighted by molar-refractivity contribution is -0.274. The molecule has 0 aliphatic heterocycles. The number of nitrogens with one attached hydrogen (secondary N) is 2. The first-order valence-electron chi connectivity index (χ1n) is 7.37. The van der Waals surface area contributed by atoms with Gasteiger partial charge in [0.2, 0.25) is 5.91 Å². The summed E-state index contributed by atoms with van der Waals surface area (Å²) in [4.78, 5) is 24.5. The molecular formula is C17H15F3N2O3S. The van der Waals surface area contributed by atoms with Gasteiger partial charge in [-0.15, -0.1) is 24.9 Å². The van der Waals surface area contributed by atoms with Gasteiger partial charge in [-0.25, -0.2) is 0 Å². The van der Waals surface area contributed by atoms with Crippen LogP contribution in [0.5, 0.6) is 5.75 Å². The fourth-order valence-electron chi connectivity index (χ4n) is 1.83. The van der Waals surface area contributed by atoms with Crippen molar-refractivity contribution in [3.63, 3.8) is 0 Å². The lowest BCUT2D eigenvalue weighted by Gasteiger charge is -2.10. The number of halogens is 3. The Hall–Kier alpha value is -2.68. The average molecular weight is 384 g/mol. The van der Waals surface area contributed by atoms with E-state index in [0.717, 1.165) is 34.7 Å². The van der Waals surface area contributed by atoms with Gasteiger partial charge in [-0.05, 0) is 43.3 Å². The van der Waals surface area contributed by atoms with Gasteiger partial charge in [0.15, 0.2) is 0 Å². The van der Waals surface area contributed by atoms with Crippen molar-refractivity contribution in [3.8, 4) is 5.75 Å². The highest BCUT2D eigenvalue weighted by atomic mass is 32.2. The van der Waals surface area contributed by atoms with Crippen LogP contribution in [0, 0.1) is 6.92 Å². The number of benzene rings is 2. The van der Waals surface area contributed by atoms with Crippen LogP contribution >= 0.6 is 11.8 Å². The van der Waals surface area contributed by atoms with Gasteiger partial charge >= 0.3 is 6.36 Å². The summed E-state index contributed by atoms with van der Waals surface area (Å²) in [5.41, 5.74) is 5.63. The van der Waals surface area contributed by atoms with Gasteiger partial charge in [0.25, 0.3) is 5.91 Å². The molecule has 9 heteroatoms. The fraction of sp³-hybridized carbons (Fsp3) is 0.176. The van der Waals surface area contributed by atoms with E-state index in [1.807, 2.05) is 31.2 Å². The summed E-state index contributed by atoms with van der Waals surface area (Å²) in [6.07, 6.45) is -4.80. The zero-order valence-corrected chi connectivity index (χ0v) is 14.4. The molecule has 2 N–H and O–H groups in total. The molecule has 2 aromatic carbocycles. The van der Waals surface area contributed by atoms with Crippen LogP contribution in [-0.4, -0.2) is 23.9 Å². The maximum Gasteiger partial charge on any atom is 0.573 e. The molecule has 0 aliphatic carbocycles. The molecule has 0 spiro atoms. The van der Waals surface area contributed by atoms with Gasteiger partial charge in [-0.1, -0.05) is 17.7 Å². The molecule has 0 heterocycles. The van der Waals surface area contributed by atoms with E-state index in [2.05, 4.69) is 15.6 Å². The monoisotopic (exact) mass is 384 g/mol. The Morgan fingerprint density at radius 1 is 1.00 bits per heavy atom. The van der Waals surface area contributed by atoms with Crippen molar-refractivity contribution in [2.75, 3.05) is 5.75 Å². The Morgan fingerprint density at radius 2 is 1.62 bits per heavy atom. The van der Waals surface area contributed by atoms with E-state index in [1.165, 1.54) is 11.8 Å². The molecule has 0 saturated carbocycles. The third-order valence-electron chi connectivity index (χ3n) is 3.06. The van der Waals surface area contributed by atoms with Crippen molar-refractivity contribution in [2.24, 2.45) is 0 Å². The number of carbonyl (C=O) groups excluding carboxylic acids is 2. The number of hydrazine groups is 1. The Bertz CT molecular complexity index is 762. The van der Waals surface area contributed by atoms with E-state index in [1.54, 1.807) is 0 Å². The van der Waals surface area contributed by atoms with Crippen LogP contribution < -0.4 is 15.6 Å². The van der Waals surface area contributed by atoms with Crippen molar-refractivity contribution < 1.29 is 27.5 Å². The molecule has 0 fully saturated rings. The van der Waals surface area contributed by atoms with Crippen LogP contribution in [0.1, 0.15) is 15.9 Å². The van der Waals surface area contributed by atoms with Crippen molar-refractivity contribution in [1.82, 2.24) is 10.9 Å². The number of ether oxygens (including phenoxy) is 1. The quantitative estimate of drug-likeness (QED) is 0.612. The van der Waals surface area contributed by atoms with Crippen LogP contribution in [0.2, 0.25) is 0 Å². The van der Waals surface area contributed by atoms with Crippen LogP contribution in [0.4, 0.5) is 13.2 Å². The predicted molar refractivity (Wildman–Crippen MR) is 90.6 cm³/mol. The average Bonchev–Trinajstić information content (AvgIpc) is 2.58. The van der Waals surface area contributed by atoms with Gasteiger partial charge < -0.3 is 4.74 Å². The Balaban J connectivity index is 1.78. The molecule has 2 rings (SSSR count). The molecule has 0 saturated heterocycles.